The number of carbonyl (C=O) groups excluding carboxylic acids is 1. The van der Waals surface area contributed by atoms with Crippen LogP contribution in [0.25, 0.3) is 0 Å². The molecule has 1 saturated heterocycles. The van der Waals surface area contributed by atoms with Gasteiger partial charge in [0.1, 0.15) is 0 Å². The smallest absolute Gasteiger partial charge is 0.179 e. The molecule has 0 bridgehead atoms. The third kappa shape index (κ3) is 1.11. The first-order valence-electron chi connectivity index (χ1n) is 2.80. The van der Waals surface area contributed by atoms with Crippen LogP contribution in [0.3, 0.4) is 0 Å². The van der Waals surface area contributed by atoms with Gasteiger partial charge in [0.05, 0.1) is 6.61 Å². The van der Waals surface area contributed by atoms with E-state index in [-0.39, 0.29) is 0 Å². The van der Waals surface area contributed by atoms with Gasteiger partial charge in [-0.2, -0.15) is 0 Å². The van der Waals surface area contributed by atoms with Crippen molar-refractivity contribution in [2.24, 2.45) is 0 Å². The Morgan fingerprint density at radius 1 is 1.50 bits per heavy atom. The number of hydrogen-bond acceptors (Lipinski definition) is 2. The molecular weight excluding hydrogens is 104 g/mol. The summed E-state index contributed by atoms with van der Waals surface area (Å²) in [4.78, 5) is 9.87. The molecule has 1 aliphatic heterocycles. The molecule has 8 heavy (non-hydrogen) atoms. The van der Waals surface area contributed by atoms with E-state index in [0.717, 1.165) is 19.3 Å². The van der Waals surface area contributed by atoms with Gasteiger partial charge in [0.2, 0.25) is 0 Å². The van der Waals surface area contributed by atoms with Gasteiger partial charge in [0.25, 0.3) is 0 Å². The van der Waals surface area contributed by atoms with E-state index in [9.17, 15) is 4.79 Å². The van der Waals surface area contributed by atoms with Crippen LogP contribution in [0, 0.1) is 0 Å². The lowest BCUT2D eigenvalue weighted by Crippen LogP contribution is -2.02. The molecule has 2 nitrogen and oxygen atoms in total. The lowest BCUT2D eigenvalue weighted by Gasteiger charge is -2.11. The quantitative estimate of drug-likeness (QED) is 0.435. The van der Waals surface area contributed by atoms with Crippen LogP contribution in [0.4, 0.5) is 0 Å². The molecule has 0 spiro atoms. The second-order valence-corrected chi connectivity index (χ2v) is 1.83. The summed E-state index contributed by atoms with van der Waals surface area (Å²) in [5, 5.41) is 0. The van der Waals surface area contributed by atoms with Crippen molar-refractivity contribution in [1.82, 2.24) is 0 Å². The van der Waals surface area contributed by atoms with E-state index in [2.05, 4.69) is 0 Å². The molecule has 44 valence electrons. The van der Waals surface area contributed by atoms with Gasteiger partial charge >= 0.3 is 0 Å². The van der Waals surface area contributed by atoms with E-state index in [1.54, 1.807) is 5.94 Å². The van der Waals surface area contributed by atoms with Gasteiger partial charge in [-0.05, 0) is 12.8 Å². The van der Waals surface area contributed by atoms with Crippen molar-refractivity contribution in [3.05, 3.63) is 5.76 Å². The van der Waals surface area contributed by atoms with Gasteiger partial charge in [0.15, 0.2) is 11.7 Å². The summed E-state index contributed by atoms with van der Waals surface area (Å²) < 4.78 is 4.92. The van der Waals surface area contributed by atoms with Crippen molar-refractivity contribution in [3.8, 4) is 0 Å². The van der Waals surface area contributed by atoms with E-state index < -0.39 is 0 Å². The van der Waals surface area contributed by atoms with E-state index in [1.807, 2.05) is 0 Å². The largest absolute Gasteiger partial charge is 0.487 e. The van der Waals surface area contributed by atoms with E-state index >= 15 is 0 Å². The fraction of sp³-hybridized carbons (Fsp3) is 0.667. The maximum Gasteiger partial charge on any atom is 0.179 e. The Bertz CT molecular complexity index is 114. The molecule has 0 atom stereocenters. The molecule has 0 aromatic rings. The molecular formula is C6H8O2. The summed E-state index contributed by atoms with van der Waals surface area (Å²) in [6.07, 6.45) is 2.93. The van der Waals surface area contributed by atoms with E-state index in [0.29, 0.717) is 12.4 Å². The first-order valence-corrected chi connectivity index (χ1v) is 2.80. The Balaban J connectivity index is 2.45. The van der Waals surface area contributed by atoms with Crippen LogP contribution in [0.15, 0.2) is 5.76 Å². The molecule has 1 fully saturated rings. The van der Waals surface area contributed by atoms with Crippen LogP contribution in [0.2, 0.25) is 0 Å². The number of rotatable bonds is 0. The van der Waals surface area contributed by atoms with Gasteiger partial charge in [-0.1, -0.05) is 0 Å². The zero-order chi connectivity index (χ0) is 5.82. The minimum absolute atomic E-state index is 0.497. The predicted octanol–water partition coefficient (Wildman–Crippen LogP) is 0.902. The molecule has 0 aromatic carbocycles. The molecule has 0 unspecified atom stereocenters. The van der Waals surface area contributed by atoms with Crippen LogP contribution in [-0.2, 0) is 9.53 Å². The lowest BCUT2D eigenvalue weighted by molar-refractivity contribution is 0.169. The molecule has 0 N–H and O–H groups in total. The fourth-order valence-electron chi connectivity index (χ4n) is 0.736. The zero-order valence-electron chi connectivity index (χ0n) is 4.64. The summed E-state index contributed by atoms with van der Waals surface area (Å²) in [5.74, 6) is 2.24. The highest BCUT2D eigenvalue weighted by molar-refractivity contribution is 5.49. The molecule has 1 rings (SSSR count). The average molecular weight is 112 g/mol. The topological polar surface area (TPSA) is 26.3 Å². The Kier molecular flexibility index (Phi) is 1.70. The Morgan fingerprint density at radius 2 is 2.38 bits per heavy atom. The van der Waals surface area contributed by atoms with Crippen molar-refractivity contribution in [2.75, 3.05) is 6.61 Å². The molecule has 0 saturated carbocycles. The number of hydrogen-bond donors (Lipinski definition) is 0. The molecule has 0 aromatic heterocycles. The van der Waals surface area contributed by atoms with Crippen LogP contribution >= 0.6 is 0 Å². The normalized spacial score (nSPS) is 19.2. The van der Waals surface area contributed by atoms with Gasteiger partial charge < -0.3 is 4.74 Å². The summed E-state index contributed by atoms with van der Waals surface area (Å²) >= 11 is 0. The molecule has 0 radical (unpaired) electrons. The summed E-state index contributed by atoms with van der Waals surface area (Å²) in [7, 11) is 0. The lowest BCUT2D eigenvalue weighted by atomic mass is 10.2. The Hall–Kier alpha value is -0.750. The van der Waals surface area contributed by atoms with E-state index in [1.165, 1.54) is 0 Å². The third-order valence-corrected chi connectivity index (χ3v) is 1.19. The third-order valence-electron chi connectivity index (χ3n) is 1.19. The molecule has 0 aliphatic carbocycles. The van der Waals surface area contributed by atoms with Gasteiger partial charge in [-0.15, -0.1) is 0 Å². The van der Waals surface area contributed by atoms with Crippen molar-refractivity contribution >= 4 is 5.94 Å². The van der Waals surface area contributed by atoms with Crippen molar-refractivity contribution in [3.63, 3.8) is 0 Å². The minimum atomic E-state index is 0.497. The summed E-state index contributed by atoms with van der Waals surface area (Å²) in [6, 6.07) is 0. The van der Waals surface area contributed by atoms with Crippen LogP contribution in [0.1, 0.15) is 19.3 Å². The monoisotopic (exact) mass is 112 g/mol. The highest BCUT2D eigenvalue weighted by Crippen LogP contribution is 2.12. The average Bonchev–Trinajstić information content (AvgIpc) is 1.90. The van der Waals surface area contributed by atoms with Gasteiger partial charge in [-0.3, -0.25) is 0 Å². The van der Waals surface area contributed by atoms with Gasteiger partial charge in [0, 0.05) is 6.42 Å². The maximum absolute atomic E-state index is 9.87. The zero-order valence-corrected chi connectivity index (χ0v) is 4.64. The second kappa shape index (κ2) is 2.53. The summed E-state index contributed by atoms with van der Waals surface area (Å²) in [6.45, 7) is 0.699. The Morgan fingerprint density at radius 3 is 2.75 bits per heavy atom. The minimum Gasteiger partial charge on any atom is -0.487 e. The molecule has 2 heteroatoms. The molecule has 1 heterocycles. The van der Waals surface area contributed by atoms with Gasteiger partial charge in [-0.25, -0.2) is 4.79 Å². The SMILES string of the molecule is O=C=C1CCCCO1. The van der Waals surface area contributed by atoms with E-state index in [4.69, 9.17) is 4.74 Å². The fourth-order valence-corrected chi connectivity index (χ4v) is 0.736. The molecule has 1 aliphatic rings. The molecule has 0 amide bonds. The van der Waals surface area contributed by atoms with Crippen molar-refractivity contribution in [1.29, 1.82) is 0 Å². The van der Waals surface area contributed by atoms with Crippen molar-refractivity contribution < 1.29 is 9.53 Å². The Labute approximate surface area is 48.1 Å². The predicted molar refractivity (Wildman–Crippen MR) is 29.0 cm³/mol. The highest BCUT2D eigenvalue weighted by Gasteiger charge is 2.04. The second-order valence-electron chi connectivity index (χ2n) is 1.83. The first-order chi connectivity index (χ1) is 3.93. The highest BCUT2D eigenvalue weighted by atomic mass is 16.5. The van der Waals surface area contributed by atoms with Crippen molar-refractivity contribution in [2.45, 2.75) is 19.3 Å². The first kappa shape index (κ1) is 5.39. The number of allylic oxidation sites excluding steroid dienone is 1. The van der Waals surface area contributed by atoms with Crippen LogP contribution in [0.5, 0.6) is 0 Å². The number of ether oxygens (including phenoxy) is 1. The van der Waals surface area contributed by atoms with Crippen LogP contribution < -0.4 is 0 Å². The maximum atomic E-state index is 9.87. The standard InChI is InChI=1S/C6H8O2/c7-5-6-3-1-2-4-8-6/h1-4H2. The summed E-state index contributed by atoms with van der Waals surface area (Å²) in [5.41, 5.74) is 0. The van der Waals surface area contributed by atoms with Crippen LogP contribution in [-0.4, -0.2) is 12.5 Å².